The molecule has 0 aliphatic rings. The SMILES string of the molecule is Cc1ccc(-c2nc(CSc3nc4ncccn4n3)no2)cc1. The zero-order valence-corrected chi connectivity index (χ0v) is 13.1. The number of hydrogen-bond donors (Lipinski definition) is 0. The normalized spacial score (nSPS) is 11.2. The Morgan fingerprint density at radius 2 is 2.04 bits per heavy atom. The minimum absolute atomic E-state index is 0.519. The minimum atomic E-state index is 0.519. The van der Waals surface area contributed by atoms with E-state index in [2.05, 4.69) is 25.2 Å². The van der Waals surface area contributed by atoms with Crippen molar-refractivity contribution in [2.24, 2.45) is 0 Å². The molecule has 0 atom stereocenters. The summed E-state index contributed by atoms with van der Waals surface area (Å²) in [6, 6.07) is 9.77. The predicted octanol–water partition coefficient (Wildman–Crippen LogP) is 2.78. The summed E-state index contributed by atoms with van der Waals surface area (Å²) in [5.74, 6) is 2.23. The van der Waals surface area contributed by atoms with Crippen LogP contribution in [0.15, 0.2) is 52.4 Å². The van der Waals surface area contributed by atoms with Crippen LogP contribution < -0.4 is 0 Å². The molecule has 8 heteroatoms. The number of aryl methyl sites for hydroxylation is 1. The highest BCUT2D eigenvalue weighted by molar-refractivity contribution is 7.98. The molecule has 0 saturated carbocycles. The van der Waals surface area contributed by atoms with E-state index < -0.39 is 0 Å². The first-order valence-corrected chi connectivity index (χ1v) is 7.96. The zero-order chi connectivity index (χ0) is 15.6. The molecule has 23 heavy (non-hydrogen) atoms. The number of nitrogens with zero attached hydrogens (tertiary/aromatic N) is 6. The molecular formula is C15H12N6OS. The van der Waals surface area contributed by atoms with Gasteiger partial charge in [0.1, 0.15) is 0 Å². The van der Waals surface area contributed by atoms with Crippen LogP contribution in [0.5, 0.6) is 0 Å². The van der Waals surface area contributed by atoms with Crippen LogP contribution in [0, 0.1) is 6.92 Å². The maximum Gasteiger partial charge on any atom is 0.257 e. The highest BCUT2D eigenvalue weighted by Gasteiger charge is 2.11. The van der Waals surface area contributed by atoms with Crippen LogP contribution in [-0.4, -0.2) is 29.7 Å². The zero-order valence-electron chi connectivity index (χ0n) is 12.2. The van der Waals surface area contributed by atoms with Crippen LogP contribution in [0.1, 0.15) is 11.4 Å². The molecule has 0 amide bonds. The van der Waals surface area contributed by atoms with Crippen molar-refractivity contribution in [3.8, 4) is 11.5 Å². The highest BCUT2D eigenvalue weighted by Crippen LogP contribution is 2.21. The second-order valence-corrected chi connectivity index (χ2v) is 5.87. The summed E-state index contributed by atoms with van der Waals surface area (Å²) in [7, 11) is 0. The fraction of sp³-hybridized carbons (Fsp3) is 0.133. The van der Waals surface area contributed by atoms with Gasteiger partial charge in [-0.25, -0.2) is 9.50 Å². The number of thioether (sulfide) groups is 1. The summed E-state index contributed by atoms with van der Waals surface area (Å²) in [6.45, 7) is 2.04. The van der Waals surface area contributed by atoms with Gasteiger partial charge < -0.3 is 4.52 Å². The molecule has 3 heterocycles. The lowest BCUT2D eigenvalue weighted by Crippen LogP contribution is -1.87. The molecule has 0 N–H and O–H groups in total. The Morgan fingerprint density at radius 3 is 2.87 bits per heavy atom. The summed E-state index contributed by atoms with van der Waals surface area (Å²) in [5.41, 5.74) is 2.10. The van der Waals surface area contributed by atoms with E-state index in [-0.39, 0.29) is 0 Å². The van der Waals surface area contributed by atoms with Crippen LogP contribution in [0.2, 0.25) is 0 Å². The maximum atomic E-state index is 5.31. The first kappa shape index (κ1) is 13.9. The van der Waals surface area contributed by atoms with Gasteiger partial charge in [-0.1, -0.05) is 34.6 Å². The fourth-order valence-corrected chi connectivity index (χ4v) is 2.70. The van der Waals surface area contributed by atoms with E-state index in [0.717, 1.165) is 5.56 Å². The van der Waals surface area contributed by atoms with Crippen molar-refractivity contribution in [2.75, 3.05) is 0 Å². The van der Waals surface area contributed by atoms with E-state index >= 15 is 0 Å². The average molecular weight is 324 g/mol. The van der Waals surface area contributed by atoms with Gasteiger partial charge in [-0.3, -0.25) is 0 Å². The van der Waals surface area contributed by atoms with Crippen molar-refractivity contribution in [3.05, 3.63) is 54.1 Å². The van der Waals surface area contributed by atoms with Crippen LogP contribution in [0.3, 0.4) is 0 Å². The Kier molecular flexibility index (Phi) is 3.51. The number of benzene rings is 1. The van der Waals surface area contributed by atoms with Gasteiger partial charge in [-0.15, -0.1) is 5.10 Å². The predicted molar refractivity (Wildman–Crippen MR) is 84.8 cm³/mol. The number of hydrogen-bond acceptors (Lipinski definition) is 7. The Hall–Kier alpha value is -2.74. The van der Waals surface area contributed by atoms with Gasteiger partial charge in [0.15, 0.2) is 5.82 Å². The molecule has 0 bridgehead atoms. The second kappa shape index (κ2) is 5.81. The van der Waals surface area contributed by atoms with Gasteiger partial charge in [-0.05, 0) is 25.1 Å². The number of aromatic nitrogens is 6. The van der Waals surface area contributed by atoms with E-state index in [1.807, 2.05) is 43.5 Å². The van der Waals surface area contributed by atoms with Crippen molar-refractivity contribution in [1.29, 1.82) is 0 Å². The first-order chi connectivity index (χ1) is 11.3. The quantitative estimate of drug-likeness (QED) is 0.534. The van der Waals surface area contributed by atoms with Crippen LogP contribution in [-0.2, 0) is 5.75 Å². The number of rotatable bonds is 4. The molecular weight excluding hydrogens is 312 g/mol. The largest absolute Gasteiger partial charge is 0.334 e. The van der Waals surface area contributed by atoms with Gasteiger partial charge in [0.25, 0.3) is 11.7 Å². The molecule has 114 valence electrons. The van der Waals surface area contributed by atoms with E-state index in [1.54, 1.807) is 10.7 Å². The third-order valence-electron chi connectivity index (χ3n) is 3.19. The summed E-state index contributed by atoms with van der Waals surface area (Å²) in [6.07, 6.45) is 3.49. The van der Waals surface area contributed by atoms with Gasteiger partial charge in [0.05, 0.1) is 5.75 Å². The molecule has 0 unspecified atom stereocenters. The third-order valence-corrected chi connectivity index (χ3v) is 4.03. The van der Waals surface area contributed by atoms with E-state index in [9.17, 15) is 0 Å². The fourth-order valence-electron chi connectivity index (χ4n) is 2.03. The van der Waals surface area contributed by atoms with E-state index in [4.69, 9.17) is 4.52 Å². The molecule has 1 aromatic carbocycles. The van der Waals surface area contributed by atoms with Gasteiger partial charge in [0, 0.05) is 18.0 Å². The lowest BCUT2D eigenvalue weighted by Gasteiger charge is -1.94. The molecule has 0 radical (unpaired) electrons. The Bertz CT molecular complexity index is 913. The van der Waals surface area contributed by atoms with E-state index in [0.29, 0.717) is 28.4 Å². The van der Waals surface area contributed by atoms with Crippen molar-refractivity contribution < 1.29 is 4.52 Å². The van der Waals surface area contributed by atoms with Gasteiger partial charge in [0.2, 0.25) is 5.16 Å². The number of fused-ring (bicyclic) bond motifs is 1. The van der Waals surface area contributed by atoms with Crippen molar-refractivity contribution in [3.63, 3.8) is 0 Å². The molecule has 4 aromatic rings. The molecule has 0 aliphatic carbocycles. The average Bonchev–Trinajstić information content (AvgIpc) is 3.20. The highest BCUT2D eigenvalue weighted by atomic mass is 32.2. The second-order valence-electron chi connectivity index (χ2n) is 4.93. The smallest absolute Gasteiger partial charge is 0.257 e. The topological polar surface area (TPSA) is 82.0 Å². The molecule has 0 aliphatic heterocycles. The molecule has 7 nitrogen and oxygen atoms in total. The van der Waals surface area contributed by atoms with Gasteiger partial charge in [-0.2, -0.15) is 9.97 Å². The monoisotopic (exact) mass is 324 g/mol. The van der Waals surface area contributed by atoms with Crippen LogP contribution >= 0.6 is 11.8 Å². The third kappa shape index (κ3) is 2.93. The Balaban J connectivity index is 1.48. The minimum Gasteiger partial charge on any atom is -0.334 e. The summed E-state index contributed by atoms with van der Waals surface area (Å²) < 4.78 is 6.94. The van der Waals surface area contributed by atoms with Crippen molar-refractivity contribution in [1.82, 2.24) is 29.7 Å². The maximum absolute atomic E-state index is 5.31. The van der Waals surface area contributed by atoms with Crippen LogP contribution in [0.4, 0.5) is 0 Å². The van der Waals surface area contributed by atoms with Crippen molar-refractivity contribution in [2.45, 2.75) is 17.8 Å². The molecule has 0 spiro atoms. The summed E-state index contributed by atoms with van der Waals surface area (Å²) >= 11 is 1.44. The lowest BCUT2D eigenvalue weighted by atomic mass is 10.1. The lowest BCUT2D eigenvalue weighted by molar-refractivity contribution is 0.425. The van der Waals surface area contributed by atoms with Gasteiger partial charge >= 0.3 is 0 Å². The first-order valence-electron chi connectivity index (χ1n) is 6.98. The van der Waals surface area contributed by atoms with Crippen molar-refractivity contribution >= 4 is 17.5 Å². The van der Waals surface area contributed by atoms with E-state index in [1.165, 1.54) is 17.3 Å². The molecule has 0 fully saturated rings. The summed E-state index contributed by atoms with van der Waals surface area (Å²) in [5, 5.41) is 8.95. The standard InChI is InChI=1S/C15H12N6OS/c1-10-3-5-11(6-4-10)13-17-12(20-22-13)9-23-15-18-14-16-7-2-8-21(14)19-15/h2-8H,9H2,1H3. The molecule has 4 rings (SSSR count). The summed E-state index contributed by atoms with van der Waals surface area (Å²) in [4.78, 5) is 12.9. The van der Waals surface area contributed by atoms with Crippen LogP contribution in [0.25, 0.3) is 17.2 Å². The molecule has 0 saturated heterocycles. The molecule has 3 aromatic heterocycles. The Labute approximate surface area is 135 Å². The Morgan fingerprint density at radius 1 is 1.17 bits per heavy atom.